The van der Waals surface area contributed by atoms with Crippen molar-refractivity contribution in [3.8, 4) is 0 Å². The van der Waals surface area contributed by atoms with Crippen LogP contribution in [0.5, 0.6) is 0 Å². The van der Waals surface area contributed by atoms with Crippen molar-refractivity contribution < 1.29 is 9.84 Å². The topological polar surface area (TPSA) is 47.3 Å². The van der Waals surface area contributed by atoms with Crippen LogP contribution in [0.25, 0.3) is 0 Å². The predicted molar refractivity (Wildman–Crippen MR) is 70.5 cm³/mol. The van der Waals surface area contributed by atoms with Crippen LogP contribution in [0.15, 0.2) is 6.07 Å². The lowest BCUT2D eigenvalue weighted by Crippen LogP contribution is -2.45. The zero-order valence-corrected chi connectivity index (χ0v) is 11.8. The molecule has 2 heterocycles. The van der Waals surface area contributed by atoms with Gasteiger partial charge in [0.05, 0.1) is 23.5 Å². The van der Waals surface area contributed by atoms with Crippen LogP contribution in [-0.4, -0.2) is 32.7 Å². The molecule has 102 valence electrons. The monoisotopic (exact) mass is 252 g/mol. The van der Waals surface area contributed by atoms with Crippen LogP contribution in [0, 0.1) is 0 Å². The molecule has 2 rings (SSSR count). The summed E-state index contributed by atoms with van der Waals surface area (Å²) in [4.78, 5) is 0. The molecule has 1 aliphatic rings. The second-order valence-corrected chi connectivity index (χ2v) is 5.67. The van der Waals surface area contributed by atoms with E-state index in [1.807, 2.05) is 25.6 Å². The summed E-state index contributed by atoms with van der Waals surface area (Å²) in [6, 6.07) is 2.10. The van der Waals surface area contributed by atoms with E-state index in [1.165, 1.54) is 0 Å². The van der Waals surface area contributed by atoms with Crippen molar-refractivity contribution in [2.45, 2.75) is 64.3 Å². The van der Waals surface area contributed by atoms with Crippen LogP contribution in [0.1, 0.15) is 45.0 Å². The first kappa shape index (κ1) is 13.6. The summed E-state index contributed by atoms with van der Waals surface area (Å²) in [6.07, 6.45) is 3.24. The van der Waals surface area contributed by atoms with Crippen molar-refractivity contribution in [3.05, 3.63) is 17.5 Å². The van der Waals surface area contributed by atoms with Crippen molar-refractivity contribution in [3.63, 3.8) is 0 Å². The molecule has 1 aromatic heterocycles. The average molecular weight is 252 g/mol. The average Bonchev–Trinajstić information content (AvgIpc) is 2.56. The van der Waals surface area contributed by atoms with Gasteiger partial charge in [-0.1, -0.05) is 6.92 Å². The van der Waals surface area contributed by atoms with Gasteiger partial charge in [-0.3, -0.25) is 4.68 Å². The van der Waals surface area contributed by atoms with E-state index in [9.17, 15) is 5.11 Å². The second kappa shape index (κ2) is 5.02. The fraction of sp³-hybridized carbons (Fsp3) is 0.786. The molecule has 1 fully saturated rings. The Balaban J connectivity index is 2.13. The Morgan fingerprint density at radius 1 is 1.44 bits per heavy atom. The Bertz CT molecular complexity index is 404. The van der Waals surface area contributed by atoms with Crippen LogP contribution in [0.4, 0.5) is 0 Å². The Kier molecular flexibility index (Phi) is 3.78. The lowest BCUT2D eigenvalue weighted by molar-refractivity contribution is -0.131. The number of aromatic nitrogens is 2. The summed E-state index contributed by atoms with van der Waals surface area (Å²) in [5, 5.41) is 15.2. The molecule has 4 nitrogen and oxygen atoms in total. The molecule has 1 aliphatic heterocycles. The first-order valence-corrected chi connectivity index (χ1v) is 6.81. The van der Waals surface area contributed by atoms with E-state index in [0.717, 1.165) is 17.8 Å². The maximum absolute atomic E-state index is 10.8. The quantitative estimate of drug-likeness (QED) is 0.893. The van der Waals surface area contributed by atoms with Gasteiger partial charge < -0.3 is 9.84 Å². The standard InChI is InChI=1S/C14H24N2O2/c1-5-12-6-13(16(4)15-12)9-14(17)7-10(2)18-11(3)8-14/h6,10-11,17H,5,7-9H2,1-4H3. The number of rotatable bonds is 3. The van der Waals surface area contributed by atoms with Gasteiger partial charge in [-0.25, -0.2) is 0 Å². The third kappa shape index (κ3) is 2.93. The lowest BCUT2D eigenvalue weighted by atomic mass is 9.84. The lowest BCUT2D eigenvalue weighted by Gasteiger charge is -2.39. The van der Waals surface area contributed by atoms with Gasteiger partial charge in [-0.2, -0.15) is 5.10 Å². The van der Waals surface area contributed by atoms with E-state index in [0.29, 0.717) is 19.3 Å². The molecular weight excluding hydrogens is 228 g/mol. The fourth-order valence-corrected chi connectivity index (χ4v) is 3.04. The molecule has 2 atom stereocenters. The fourth-order valence-electron chi connectivity index (χ4n) is 3.04. The highest BCUT2D eigenvalue weighted by atomic mass is 16.5. The number of aryl methyl sites for hydroxylation is 2. The second-order valence-electron chi connectivity index (χ2n) is 5.67. The molecule has 1 aromatic rings. The number of nitrogens with zero attached hydrogens (tertiary/aromatic N) is 2. The first-order chi connectivity index (χ1) is 8.42. The minimum atomic E-state index is -0.657. The van der Waals surface area contributed by atoms with Crippen molar-refractivity contribution in [2.24, 2.45) is 7.05 Å². The Labute approximate surface area is 109 Å². The van der Waals surface area contributed by atoms with Crippen LogP contribution in [0.2, 0.25) is 0 Å². The molecule has 1 saturated heterocycles. The number of hydrogen-bond acceptors (Lipinski definition) is 3. The zero-order chi connectivity index (χ0) is 13.3. The summed E-state index contributed by atoms with van der Waals surface area (Å²) in [5.41, 5.74) is 1.54. The van der Waals surface area contributed by atoms with Crippen LogP contribution in [0.3, 0.4) is 0 Å². The predicted octanol–water partition coefficient (Wildman–Crippen LogP) is 1.84. The summed E-state index contributed by atoms with van der Waals surface area (Å²) >= 11 is 0. The highest BCUT2D eigenvalue weighted by Crippen LogP contribution is 2.31. The third-order valence-electron chi connectivity index (χ3n) is 3.70. The molecule has 0 spiro atoms. The number of hydrogen-bond donors (Lipinski definition) is 1. The molecule has 2 unspecified atom stereocenters. The molecule has 0 radical (unpaired) electrons. The molecular formula is C14H24N2O2. The van der Waals surface area contributed by atoms with Crippen molar-refractivity contribution in [2.75, 3.05) is 0 Å². The highest BCUT2D eigenvalue weighted by Gasteiger charge is 2.37. The maximum atomic E-state index is 10.8. The van der Waals surface area contributed by atoms with Gasteiger partial charge in [0.15, 0.2) is 0 Å². The van der Waals surface area contributed by atoms with Crippen molar-refractivity contribution >= 4 is 0 Å². The van der Waals surface area contributed by atoms with E-state index in [2.05, 4.69) is 18.1 Å². The smallest absolute Gasteiger partial charge is 0.0752 e. The van der Waals surface area contributed by atoms with Gasteiger partial charge in [0, 0.05) is 32.0 Å². The van der Waals surface area contributed by atoms with Crippen LogP contribution < -0.4 is 0 Å². The highest BCUT2D eigenvalue weighted by molar-refractivity contribution is 5.13. The van der Waals surface area contributed by atoms with E-state index < -0.39 is 5.60 Å². The third-order valence-corrected chi connectivity index (χ3v) is 3.70. The van der Waals surface area contributed by atoms with Gasteiger partial charge in [-0.15, -0.1) is 0 Å². The molecule has 0 bridgehead atoms. The minimum absolute atomic E-state index is 0.123. The Morgan fingerprint density at radius 2 is 2.06 bits per heavy atom. The van der Waals surface area contributed by atoms with Gasteiger partial charge in [-0.05, 0) is 26.3 Å². The summed E-state index contributed by atoms with van der Waals surface area (Å²) < 4.78 is 7.58. The van der Waals surface area contributed by atoms with Gasteiger partial charge in [0.1, 0.15) is 0 Å². The number of ether oxygens (including phenoxy) is 1. The SMILES string of the molecule is CCc1cc(CC2(O)CC(C)OC(C)C2)n(C)n1. The first-order valence-electron chi connectivity index (χ1n) is 6.81. The summed E-state index contributed by atoms with van der Waals surface area (Å²) in [7, 11) is 1.95. The Morgan fingerprint density at radius 3 is 2.56 bits per heavy atom. The zero-order valence-electron chi connectivity index (χ0n) is 11.8. The Hall–Kier alpha value is -0.870. The van der Waals surface area contributed by atoms with Gasteiger partial charge in [0.25, 0.3) is 0 Å². The van der Waals surface area contributed by atoms with Gasteiger partial charge >= 0.3 is 0 Å². The van der Waals surface area contributed by atoms with Crippen LogP contribution >= 0.6 is 0 Å². The summed E-state index contributed by atoms with van der Waals surface area (Å²) in [6.45, 7) is 6.15. The number of aliphatic hydroxyl groups is 1. The van der Waals surface area contributed by atoms with E-state index >= 15 is 0 Å². The maximum Gasteiger partial charge on any atom is 0.0752 e. The molecule has 0 saturated carbocycles. The largest absolute Gasteiger partial charge is 0.389 e. The van der Waals surface area contributed by atoms with Crippen molar-refractivity contribution in [1.82, 2.24) is 9.78 Å². The van der Waals surface area contributed by atoms with E-state index in [-0.39, 0.29) is 12.2 Å². The minimum Gasteiger partial charge on any atom is -0.389 e. The molecule has 18 heavy (non-hydrogen) atoms. The van der Waals surface area contributed by atoms with E-state index in [1.54, 1.807) is 0 Å². The van der Waals surface area contributed by atoms with E-state index in [4.69, 9.17) is 4.74 Å². The molecule has 0 aromatic carbocycles. The van der Waals surface area contributed by atoms with Crippen molar-refractivity contribution in [1.29, 1.82) is 0 Å². The molecule has 0 amide bonds. The molecule has 4 heteroatoms. The summed E-state index contributed by atoms with van der Waals surface area (Å²) in [5.74, 6) is 0. The molecule has 0 aliphatic carbocycles. The normalized spacial score (nSPS) is 32.7. The molecule has 1 N–H and O–H groups in total. The van der Waals surface area contributed by atoms with Gasteiger partial charge in [0.2, 0.25) is 0 Å². The van der Waals surface area contributed by atoms with Crippen LogP contribution in [-0.2, 0) is 24.6 Å².